The fourth-order valence-electron chi connectivity index (χ4n) is 14.0. The number of hydrogen-bond donors (Lipinski definition) is 3. The highest BCUT2D eigenvalue weighted by Gasteiger charge is 2.35. The van der Waals surface area contributed by atoms with Crippen molar-refractivity contribution in [2.45, 2.75) is 172 Å². The second-order valence-corrected chi connectivity index (χ2v) is 30.6. The molecule has 8 aromatic rings. The summed E-state index contributed by atoms with van der Waals surface area (Å²) in [4.78, 5) is 54.0. The van der Waals surface area contributed by atoms with Crippen LogP contribution in [0.2, 0.25) is 0 Å². The van der Waals surface area contributed by atoms with Gasteiger partial charge in [0.25, 0.3) is 11.8 Å². The number of aromatic carboxylic acids is 1. The van der Waals surface area contributed by atoms with E-state index in [9.17, 15) is 24.3 Å². The number of hydrogen-bond acceptors (Lipinski definition) is 16. The van der Waals surface area contributed by atoms with Crippen LogP contribution in [0.15, 0.2) is 149 Å². The van der Waals surface area contributed by atoms with E-state index in [4.69, 9.17) is 52.3 Å². The normalized spacial score (nSPS) is 16.1. The largest absolute Gasteiger partial charge is 0.507 e. The molecule has 113 heavy (non-hydrogen) atoms. The van der Waals surface area contributed by atoms with Crippen LogP contribution in [-0.4, -0.2) is 119 Å². The van der Waals surface area contributed by atoms with Gasteiger partial charge in [-0.25, -0.2) is 4.79 Å². The number of rotatable bonds is 19. The number of epoxide rings is 1. The average molecular weight is 1670 g/mol. The summed E-state index contributed by atoms with van der Waals surface area (Å²) in [5, 5.41) is 22.7. The lowest BCUT2D eigenvalue weighted by atomic mass is 9.92. The molecule has 0 saturated carbocycles. The van der Waals surface area contributed by atoms with Crippen LogP contribution in [0.5, 0.6) is 46.0 Å². The number of carboxylic acid groups (broad SMARTS) is 1. The smallest absolute Gasteiger partial charge is 0.486 e. The molecule has 3 N–H and O–H groups in total. The van der Waals surface area contributed by atoms with E-state index in [1.165, 1.54) is 56.6 Å². The second kappa shape index (κ2) is 41.6. The summed E-state index contributed by atoms with van der Waals surface area (Å²) in [6, 6.07) is 39.2. The van der Waals surface area contributed by atoms with Crippen molar-refractivity contribution in [1.29, 1.82) is 0 Å². The van der Waals surface area contributed by atoms with Gasteiger partial charge in [0.05, 0.1) is 85.3 Å². The first-order chi connectivity index (χ1) is 53.1. The van der Waals surface area contributed by atoms with Crippen LogP contribution in [0.4, 0.5) is 0 Å². The molecule has 604 valence electrons. The van der Waals surface area contributed by atoms with E-state index in [1.54, 1.807) is 77.8 Å². The van der Waals surface area contributed by atoms with E-state index in [0.29, 0.717) is 71.6 Å². The Balaban J connectivity index is 0.000000194. The molecule has 0 spiro atoms. The van der Waals surface area contributed by atoms with Gasteiger partial charge in [-0.05, 0) is 183 Å². The van der Waals surface area contributed by atoms with E-state index < -0.39 is 5.97 Å². The molecule has 0 bridgehead atoms. The number of Topliss-reactive ketones (excluding diaryl/α,β-unsaturated/α-hetero) is 1. The molecule has 5 aliphatic heterocycles. The number of methoxy groups -OCH3 is 7. The van der Waals surface area contributed by atoms with E-state index in [2.05, 4.69) is 126 Å². The third kappa shape index (κ3) is 22.3. The first-order valence-electron chi connectivity index (χ1n) is 37.3. The number of carboxylic acids is 1. The van der Waals surface area contributed by atoms with Crippen LogP contribution >= 0.6 is 31.9 Å². The van der Waals surface area contributed by atoms with Crippen molar-refractivity contribution in [1.82, 2.24) is 15.1 Å². The summed E-state index contributed by atoms with van der Waals surface area (Å²) >= 11 is 6.94. The van der Waals surface area contributed by atoms with Crippen molar-refractivity contribution in [2.75, 3.05) is 56.4 Å². The molecule has 0 radical (unpaired) electrons. The standard InChI is InChI=1S/C22H25NO4.C21H23NO3.C20H21BrO3.C12H16O4.C8H8BrN.C6H11BO2.2CH4/c1-13(2)17-8-18(20(26-4)9-19(17)25-3)22(24)23-10-15-6-5-14(21-12-27-21)7-16(15)11-23;1-5-14-6-7-15-11-22(12-16(15)8-14)21(24)18-9-17(13(2)3)20(25-4)10-19(18)23;1-4-12-10-17(19(24-3)11-18(12)23-2)20(22)15-7-13-5-6-16(21)9-14(13)8-15;1-7(2)8-5-9(12(13)14)11(16-4)6-10(8)15-3;9-8-2-1-6-4-10-5-7(6)3-8;1-4-7-8-5(2)6(3)9-7;;/h5-9,13,21H,10-12H2,1-4H3;5-10,13,23H,1,11-12H2,2-4H3;5-6,9-11,15H,4,7-8H2,1-3H3;5-7H,1-4H3,(H,13,14);1-3,10H,4-5H2;4-6H,1H2,2-3H3;2*1H4. The molecule has 4 atom stereocenters. The maximum absolute atomic E-state index is 13.3. The molecule has 0 aromatic heterocycles. The van der Waals surface area contributed by atoms with Crippen molar-refractivity contribution in [3.63, 3.8) is 0 Å². The van der Waals surface area contributed by atoms with Gasteiger partial charge in [0.15, 0.2) is 5.78 Å². The van der Waals surface area contributed by atoms with Crippen molar-refractivity contribution >= 4 is 68.6 Å². The molecular formula is C91H112BBr2N3O16. The Morgan fingerprint density at radius 3 is 1.45 bits per heavy atom. The van der Waals surface area contributed by atoms with Gasteiger partial charge in [0.1, 0.15) is 57.7 Å². The highest BCUT2D eigenvalue weighted by atomic mass is 79.9. The molecule has 8 aromatic carbocycles. The van der Waals surface area contributed by atoms with Gasteiger partial charge in [0.2, 0.25) is 0 Å². The number of carbonyl (C=O) groups excluding carboxylic acids is 3. The molecule has 2 fully saturated rings. The minimum atomic E-state index is -0.999. The molecule has 2 amide bonds. The molecule has 4 unspecified atom stereocenters. The number of phenols is 1. The fourth-order valence-corrected chi connectivity index (χ4v) is 14.8. The van der Waals surface area contributed by atoms with Gasteiger partial charge in [0, 0.05) is 78.4 Å². The summed E-state index contributed by atoms with van der Waals surface area (Å²) in [5.74, 6) is 5.40. The van der Waals surface area contributed by atoms with Crippen molar-refractivity contribution in [2.24, 2.45) is 5.92 Å². The molecule has 5 heterocycles. The lowest BCUT2D eigenvalue weighted by Crippen LogP contribution is -2.26. The number of amides is 2. The highest BCUT2D eigenvalue weighted by Crippen LogP contribution is 2.41. The third-order valence-electron chi connectivity index (χ3n) is 20.5. The average Bonchev–Trinajstić information content (AvgIpc) is 1.77. The van der Waals surface area contributed by atoms with Gasteiger partial charge < -0.3 is 72.5 Å². The van der Waals surface area contributed by atoms with Gasteiger partial charge in [-0.15, -0.1) is 6.58 Å². The Labute approximate surface area is 685 Å². The number of ether oxygens (including phenoxy) is 8. The first kappa shape index (κ1) is 90.8. The minimum absolute atomic E-state index is 0. The van der Waals surface area contributed by atoms with Gasteiger partial charge in [-0.1, -0.05) is 156 Å². The van der Waals surface area contributed by atoms with Crippen LogP contribution in [-0.2, 0) is 72.6 Å². The molecule has 2 saturated heterocycles. The molecular weight excluding hydrogens is 1560 g/mol. The zero-order chi connectivity index (χ0) is 80.7. The number of carbonyl (C=O) groups is 4. The maximum atomic E-state index is 13.3. The first-order valence-corrected chi connectivity index (χ1v) is 38.9. The van der Waals surface area contributed by atoms with E-state index in [-0.39, 0.29) is 92.9 Å². The molecule has 6 aliphatic rings. The lowest BCUT2D eigenvalue weighted by molar-refractivity contribution is 0.0690. The number of ketones is 1. The fraction of sp³-hybridized carbons (Fsp3) is 0.385. The zero-order valence-corrected chi connectivity index (χ0v) is 69.7. The number of nitrogens with zero attached hydrogens (tertiary/aromatic N) is 2. The van der Waals surface area contributed by atoms with Crippen LogP contribution in [0, 0.1) is 5.92 Å². The summed E-state index contributed by atoms with van der Waals surface area (Å²) in [6.07, 6.45) is 4.82. The summed E-state index contributed by atoms with van der Waals surface area (Å²) in [5.41, 5.74) is 17.8. The van der Waals surface area contributed by atoms with E-state index in [0.717, 1.165) is 93.9 Å². The second-order valence-electron chi connectivity index (χ2n) is 28.8. The van der Waals surface area contributed by atoms with Gasteiger partial charge in [-0.2, -0.15) is 0 Å². The molecule has 1 aliphatic carbocycles. The van der Waals surface area contributed by atoms with Crippen LogP contribution in [0.1, 0.15) is 220 Å². The predicted molar refractivity (Wildman–Crippen MR) is 455 cm³/mol. The number of aryl methyl sites for hydroxylation is 1. The number of benzene rings is 8. The molecule has 14 rings (SSSR count). The Morgan fingerprint density at radius 1 is 0.522 bits per heavy atom. The summed E-state index contributed by atoms with van der Waals surface area (Å²) < 4.78 is 55.6. The topological polar surface area (TPSA) is 223 Å². The van der Waals surface area contributed by atoms with Crippen molar-refractivity contribution in [3.05, 3.63) is 250 Å². The molecule has 22 heteroatoms. The zero-order valence-electron chi connectivity index (χ0n) is 66.6. The minimum Gasteiger partial charge on any atom is -0.507 e. The number of phenolic OH excluding ortho intramolecular Hbond substituents is 1. The quantitative estimate of drug-likeness (QED) is 0.0389. The number of nitrogens with one attached hydrogen (secondary N) is 1. The Kier molecular flexibility index (Phi) is 33.4. The molecule has 19 nitrogen and oxygen atoms in total. The van der Waals surface area contributed by atoms with Gasteiger partial charge >= 0.3 is 13.1 Å². The van der Waals surface area contributed by atoms with E-state index >= 15 is 0 Å². The number of halogens is 2. The Morgan fingerprint density at radius 2 is 0.956 bits per heavy atom. The third-order valence-corrected chi connectivity index (χ3v) is 21.5. The SMILES string of the molecule is Brc1ccc2c(c1)CNC2.C.C.C=CB1OC(C)C(C)O1.C=Cc1ccc2c(c1)CN(C(=O)c1cc(C(C)C)c(OC)cc1O)C2.CCc1cc(C(=O)C2Cc3ccc(Br)cc3C2)c(OC)cc1OC.COc1cc(OC)c(C(C)C)cc1C(=O)N1Cc2ccc(C3CO3)cc2C1.COc1cc(OC)c(C(C)C)cc1C(=O)O. The lowest BCUT2D eigenvalue weighted by Gasteiger charge is -2.20. The van der Waals surface area contributed by atoms with Crippen LogP contribution < -0.4 is 38.5 Å². The summed E-state index contributed by atoms with van der Waals surface area (Å²) in [6.45, 7) is 30.8. The number of aromatic hydroxyl groups is 1. The monoisotopic (exact) mass is 1670 g/mol. The highest BCUT2D eigenvalue weighted by molar-refractivity contribution is 9.10. The maximum Gasteiger partial charge on any atom is 0.486 e. The van der Waals surface area contributed by atoms with Crippen LogP contribution in [0.3, 0.4) is 0 Å². The number of fused-ring (bicyclic) bond motifs is 4. The van der Waals surface area contributed by atoms with E-state index in [1.807, 2.05) is 88.9 Å². The van der Waals surface area contributed by atoms with Crippen LogP contribution in [0.25, 0.3) is 6.08 Å². The van der Waals surface area contributed by atoms with Crippen molar-refractivity contribution in [3.8, 4) is 46.0 Å². The predicted octanol–water partition coefficient (Wildman–Crippen LogP) is 19.9. The Bertz CT molecular complexity index is 4680. The summed E-state index contributed by atoms with van der Waals surface area (Å²) in [7, 11) is 10.8. The Hall–Kier alpha value is -9.42. The van der Waals surface area contributed by atoms with Gasteiger partial charge in [-0.3, -0.25) is 14.4 Å². The van der Waals surface area contributed by atoms with Crippen molar-refractivity contribution < 1.29 is 76.6 Å².